The summed E-state index contributed by atoms with van der Waals surface area (Å²) in [7, 11) is -2.43. The van der Waals surface area contributed by atoms with Gasteiger partial charge in [-0.05, 0) is 32.0 Å². The smallest absolute Gasteiger partial charge is 0.316 e. The van der Waals surface area contributed by atoms with Gasteiger partial charge in [-0.25, -0.2) is 8.42 Å². The van der Waals surface area contributed by atoms with Crippen LogP contribution in [0.25, 0.3) is 0 Å². The Hall–Kier alpha value is -1.12. The molecule has 0 spiro atoms. The van der Waals surface area contributed by atoms with Crippen LogP contribution in [0.15, 0.2) is 29.2 Å². The van der Waals surface area contributed by atoms with E-state index in [1.165, 1.54) is 12.1 Å². The summed E-state index contributed by atoms with van der Waals surface area (Å²) >= 11 is 0. The van der Waals surface area contributed by atoms with Crippen LogP contribution in [-0.2, 0) is 16.2 Å². The first kappa shape index (κ1) is 16.3. The molecular formula is C13H17F3N2O2S. The average molecular weight is 322 g/mol. The summed E-state index contributed by atoms with van der Waals surface area (Å²) in [6, 6.07) is 4.27. The summed E-state index contributed by atoms with van der Waals surface area (Å²) in [5.41, 5.74) is -1.11. The molecule has 1 fully saturated rings. The van der Waals surface area contributed by atoms with Gasteiger partial charge in [0.1, 0.15) is 0 Å². The molecule has 0 bridgehead atoms. The lowest BCUT2D eigenvalue weighted by Gasteiger charge is -2.32. The molecule has 1 aromatic rings. The van der Waals surface area contributed by atoms with Gasteiger partial charge in [-0.3, -0.25) is 0 Å². The molecule has 0 radical (unpaired) electrons. The number of benzene rings is 1. The van der Waals surface area contributed by atoms with Crippen molar-refractivity contribution in [3.05, 3.63) is 29.8 Å². The summed E-state index contributed by atoms with van der Waals surface area (Å²) < 4.78 is 65.1. The second kappa shape index (κ2) is 5.94. The Morgan fingerprint density at radius 3 is 2.57 bits per heavy atom. The van der Waals surface area contributed by atoms with Crippen molar-refractivity contribution in [2.45, 2.75) is 30.0 Å². The van der Waals surface area contributed by atoms with Crippen LogP contribution in [0.5, 0.6) is 0 Å². The molecule has 1 heterocycles. The molecule has 1 aliphatic heterocycles. The molecule has 8 heteroatoms. The first-order chi connectivity index (χ1) is 9.76. The van der Waals surface area contributed by atoms with E-state index in [1.54, 1.807) is 7.05 Å². The third-order valence-electron chi connectivity index (χ3n) is 3.60. The van der Waals surface area contributed by atoms with E-state index < -0.39 is 26.7 Å². The second-order valence-corrected chi connectivity index (χ2v) is 6.89. The fourth-order valence-corrected chi connectivity index (χ4v) is 4.20. The SMILES string of the molecule is CN[C@@H]1CCCN(S(=O)(=O)c2ccccc2C(F)(F)F)C1. The van der Waals surface area contributed by atoms with Crippen molar-refractivity contribution in [2.75, 3.05) is 20.1 Å². The molecule has 1 saturated heterocycles. The van der Waals surface area contributed by atoms with E-state index in [-0.39, 0.29) is 19.1 Å². The van der Waals surface area contributed by atoms with Crippen LogP contribution in [0, 0.1) is 0 Å². The molecule has 0 unspecified atom stereocenters. The zero-order chi connectivity index (χ0) is 15.7. The van der Waals surface area contributed by atoms with E-state index >= 15 is 0 Å². The number of rotatable bonds is 3. The topological polar surface area (TPSA) is 49.4 Å². The Labute approximate surface area is 122 Å². The highest BCUT2D eigenvalue weighted by molar-refractivity contribution is 7.89. The van der Waals surface area contributed by atoms with Crippen LogP contribution in [0.3, 0.4) is 0 Å². The standard InChI is InChI=1S/C13H17F3N2O2S/c1-17-10-5-4-8-18(9-10)21(19,20)12-7-3-2-6-11(12)13(14,15)16/h2-3,6-7,10,17H,4-5,8-9H2,1H3/t10-/m1/s1. The number of sulfonamides is 1. The molecule has 0 amide bonds. The molecule has 1 N–H and O–H groups in total. The Bertz CT molecular complexity index is 602. The summed E-state index contributed by atoms with van der Waals surface area (Å²) in [5.74, 6) is 0. The molecule has 1 atom stereocenters. The first-order valence-electron chi connectivity index (χ1n) is 6.60. The quantitative estimate of drug-likeness (QED) is 0.927. The van der Waals surface area contributed by atoms with Gasteiger partial charge in [0.15, 0.2) is 0 Å². The molecular weight excluding hydrogens is 305 g/mol. The lowest BCUT2D eigenvalue weighted by atomic mass is 10.1. The Kier molecular flexibility index (Phi) is 4.60. The monoisotopic (exact) mass is 322 g/mol. The highest BCUT2D eigenvalue weighted by Gasteiger charge is 2.39. The molecule has 2 rings (SSSR count). The van der Waals surface area contributed by atoms with E-state index in [9.17, 15) is 21.6 Å². The number of hydrogen-bond acceptors (Lipinski definition) is 3. The third kappa shape index (κ3) is 3.38. The van der Waals surface area contributed by atoms with Gasteiger partial charge >= 0.3 is 6.18 Å². The number of nitrogens with zero attached hydrogens (tertiary/aromatic N) is 1. The summed E-state index contributed by atoms with van der Waals surface area (Å²) in [4.78, 5) is -0.672. The van der Waals surface area contributed by atoms with E-state index in [4.69, 9.17) is 0 Å². The number of piperidine rings is 1. The maximum Gasteiger partial charge on any atom is 0.417 e. The van der Waals surface area contributed by atoms with Crippen LogP contribution in [0.2, 0.25) is 0 Å². The minimum atomic E-state index is -4.69. The van der Waals surface area contributed by atoms with E-state index in [2.05, 4.69) is 5.32 Å². The molecule has 0 saturated carbocycles. The van der Waals surface area contributed by atoms with Gasteiger partial charge in [-0.2, -0.15) is 17.5 Å². The molecule has 0 aromatic heterocycles. The second-order valence-electron chi connectivity index (χ2n) is 4.98. The fourth-order valence-electron chi connectivity index (χ4n) is 2.46. The van der Waals surface area contributed by atoms with Crippen molar-refractivity contribution >= 4 is 10.0 Å². The molecule has 1 aliphatic rings. The van der Waals surface area contributed by atoms with Crippen molar-refractivity contribution in [3.8, 4) is 0 Å². The van der Waals surface area contributed by atoms with Crippen LogP contribution >= 0.6 is 0 Å². The molecule has 4 nitrogen and oxygen atoms in total. The van der Waals surface area contributed by atoms with Crippen LogP contribution in [0.4, 0.5) is 13.2 Å². The Morgan fingerprint density at radius 1 is 1.29 bits per heavy atom. The van der Waals surface area contributed by atoms with E-state index in [1.807, 2.05) is 0 Å². The minimum absolute atomic E-state index is 0.0356. The fraction of sp³-hybridized carbons (Fsp3) is 0.538. The van der Waals surface area contributed by atoms with Gasteiger partial charge in [0.25, 0.3) is 0 Å². The van der Waals surface area contributed by atoms with E-state index in [0.29, 0.717) is 6.42 Å². The normalized spacial score (nSPS) is 21.4. The number of likely N-dealkylation sites (N-methyl/N-ethyl adjacent to an activating group) is 1. The number of hydrogen-bond donors (Lipinski definition) is 1. The lowest BCUT2D eigenvalue weighted by molar-refractivity contribution is -0.139. The van der Waals surface area contributed by atoms with Crippen LogP contribution in [0.1, 0.15) is 18.4 Å². The minimum Gasteiger partial charge on any atom is -0.316 e. The summed E-state index contributed by atoms with van der Waals surface area (Å²) in [5, 5.41) is 2.97. The van der Waals surface area contributed by atoms with Gasteiger partial charge in [0.2, 0.25) is 10.0 Å². The van der Waals surface area contributed by atoms with Gasteiger partial charge in [0, 0.05) is 19.1 Å². The predicted octanol–water partition coefficient (Wildman–Crippen LogP) is 2.08. The third-order valence-corrected chi connectivity index (χ3v) is 5.53. The van der Waals surface area contributed by atoms with Crippen molar-refractivity contribution in [1.82, 2.24) is 9.62 Å². The van der Waals surface area contributed by atoms with Crippen LogP contribution < -0.4 is 5.32 Å². The largest absolute Gasteiger partial charge is 0.417 e. The number of alkyl halides is 3. The van der Waals surface area contributed by atoms with Gasteiger partial charge in [-0.1, -0.05) is 12.1 Å². The predicted molar refractivity (Wildman–Crippen MR) is 72.3 cm³/mol. The number of halogens is 3. The van der Waals surface area contributed by atoms with Gasteiger partial charge < -0.3 is 5.32 Å². The summed E-state index contributed by atoms with van der Waals surface area (Å²) in [6.45, 7) is 0.428. The lowest BCUT2D eigenvalue weighted by Crippen LogP contribution is -2.47. The van der Waals surface area contributed by atoms with Crippen LogP contribution in [-0.4, -0.2) is 38.9 Å². The Morgan fingerprint density at radius 2 is 1.95 bits per heavy atom. The van der Waals surface area contributed by atoms with Crippen molar-refractivity contribution < 1.29 is 21.6 Å². The van der Waals surface area contributed by atoms with Crippen molar-refractivity contribution in [2.24, 2.45) is 0 Å². The van der Waals surface area contributed by atoms with Crippen molar-refractivity contribution in [3.63, 3.8) is 0 Å². The van der Waals surface area contributed by atoms with Gasteiger partial charge in [0.05, 0.1) is 10.5 Å². The zero-order valence-electron chi connectivity index (χ0n) is 11.5. The van der Waals surface area contributed by atoms with Gasteiger partial charge in [-0.15, -0.1) is 0 Å². The maximum absolute atomic E-state index is 13.0. The first-order valence-corrected chi connectivity index (χ1v) is 8.04. The number of nitrogens with one attached hydrogen (secondary N) is 1. The molecule has 118 valence electrons. The molecule has 21 heavy (non-hydrogen) atoms. The van der Waals surface area contributed by atoms with Crippen molar-refractivity contribution in [1.29, 1.82) is 0 Å². The highest BCUT2D eigenvalue weighted by Crippen LogP contribution is 2.35. The Balaban J connectivity index is 2.41. The molecule has 1 aromatic carbocycles. The zero-order valence-corrected chi connectivity index (χ0v) is 12.3. The highest BCUT2D eigenvalue weighted by atomic mass is 32.2. The van der Waals surface area contributed by atoms with E-state index in [0.717, 1.165) is 22.9 Å². The summed E-state index contributed by atoms with van der Waals surface area (Å²) in [6.07, 6.45) is -3.26. The molecule has 0 aliphatic carbocycles. The average Bonchev–Trinajstić information content (AvgIpc) is 2.46. The maximum atomic E-state index is 13.0.